The van der Waals surface area contributed by atoms with Crippen molar-refractivity contribution in [3.63, 3.8) is 0 Å². The summed E-state index contributed by atoms with van der Waals surface area (Å²) in [7, 11) is 1.64. The van der Waals surface area contributed by atoms with E-state index in [1.807, 2.05) is 49.4 Å². The Morgan fingerprint density at radius 1 is 1.12 bits per heavy atom. The lowest BCUT2D eigenvalue weighted by atomic mass is 9.96. The number of methoxy groups -OCH3 is 1. The van der Waals surface area contributed by atoms with Gasteiger partial charge in [-0.1, -0.05) is 31.2 Å². The summed E-state index contributed by atoms with van der Waals surface area (Å²) in [5.74, 6) is 0.780. The van der Waals surface area contributed by atoms with Gasteiger partial charge in [-0.25, -0.2) is 0 Å². The van der Waals surface area contributed by atoms with Crippen LogP contribution in [0.25, 0.3) is 11.0 Å². The largest absolute Gasteiger partial charge is 0.496 e. The molecule has 1 N–H and O–H groups in total. The minimum atomic E-state index is -0.0634. The van der Waals surface area contributed by atoms with E-state index in [1.54, 1.807) is 19.5 Å². The maximum absolute atomic E-state index is 12.4. The normalized spacial score (nSPS) is 11.9. The number of rotatable bonds is 5. The highest BCUT2D eigenvalue weighted by molar-refractivity contribution is 5.99. The Morgan fingerprint density at radius 2 is 1.92 bits per heavy atom. The van der Waals surface area contributed by atoms with Crippen LogP contribution in [0.15, 0.2) is 54.9 Å². The molecule has 0 bridgehead atoms. The second-order valence-corrected chi connectivity index (χ2v) is 5.62. The van der Waals surface area contributed by atoms with Crippen LogP contribution in [-0.4, -0.2) is 23.0 Å². The van der Waals surface area contributed by atoms with E-state index in [0.29, 0.717) is 17.6 Å². The number of ether oxygens (including phenoxy) is 1. The van der Waals surface area contributed by atoms with E-state index in [2.05, 4.69) is 15.3 Å². The van der Waals surface area contributed by atoms with Gasteiger partial charge < -0.3 is 10.1 Å². The molecule has 1 atom stereocenters. The number of anilines is 1. The molecule has 3 aromatic rings. The van der Waals surface area contributed by atoms with Crippen LogP contribution in [0.5, 0.6) is 5.75 Å². The lowest BCUT2D eigenvalue weighted by molar-refractivity contribution is -0.116. The number of hydrogen-bond acceptors (Lipinski definition) is 4. The summed E-state index contributed by atoms with van der Waals surface area (Å²) < 4.78 is 5.37. The molecule has 1 heterocycles. The number of nitrogens with zero attached hydrogens (tertiary/aromatic N) is 2. The monoisotopic (exact) mass is 321 g/mol. The number of para-hydroxylation sites is 2. The average Bonchev–Trinajstić information content (AvgIpc) is 2.62. The summed E-state index contributed by atoms with van der Waals surface area (Å²) in [6, 6.07) is 13.3. The number of benzene rings is 2. The summed E-state index contributed by atoms with van der Waals surface area (Å²) in [5, 5.41) is 2.94. The Labute approximate surface area is 140 Å². The molecule has 1 amide bonds. The van der Waals surface area contributed by atoms with E-state index in [1.165, 1.54) is 0 Å². The van der Waals surface area contributed by atoms with Crippen LogP contribution in [0, 0.1) is 0 Å². The summed E-state index contributed by atoms with van der Waals surface area (Å²) in [6.45, 7) is 2.01. The van der Waals surface area contributed by atoms with E-state index in [0.717, 1.165) is 16.8 Å². The highest BCUT2D eigenvalue weighted by atomic mass is 16.5. The van der Waals surface area contributed by atoms with Crippen LogP contribution in [0.4, 0.5) is 5.69 Å². The zero-order chi connectivity index (χ0) is 16.9. The highest BCUT2D eigenvalue weighted by Gasteiger charge is 2.16. The maximum atomic E-state index is 12.4. The molecule has 3 rings (SSSR count). The van der Waals surface area contributed by atoms with Gasteiger partial charge in [0.05, 0.1) is 18.3 Å². The fourth-order valence-corrected chi connectivity index (χ4v) is 2.76. The van der Waals surface area contributed by atoms with E-state index in [4.69, 9.17) is 4.74 Å². The van der Waals surface area contributed by atoms with E-state index >= 15 is 0 Å². The molecular weight excluding hydrogens is 302 g/mol. The molecule has 0 aliphatic carbocycles. The quantitative estimate of drug-likeness (QED) is 0.777. The Kier molecular flexibility index (Phi) is 4.70. The van der Waals surface area contributed by atoms with Gasteiger partial charge in [0.1, 0.15) is 11.3 Å². The third-order valence-electron chi connectivity index (χ3n) is 3.93. The fourth-order valence-electron chi connectivity index (χ4n) is 2.76. The Morgan fingerprint density at radius 3 is 2.75 bits per heavy atom. The average molecular weight is 321 g/mol. The molecule has 122 valence electrons. The van der Waals surface area contributed by atoms with Crippen LogP contribution in [-0.2, 0) is 4.79 Å². The van der Waals surface area contributed by atoms with Crippen LogP contribution in [0.3, 0.4) is 0 Å². The van der Waals surface area contributed by atoms with Gasteiger partial charge in [0.2, 0.25) is 5.91 Å². The van der Waals surface area contributed by atoms with E-state index in [9.17, 15) is 4.79 Å². The molecule has 1 unspecified atom stereocenters. The van der Waals surface area contributed by atoms with Crippen molar-refractivity contribution < 1.29 is 9.53 Å². The van der Waals surface area contributed by atoms with Crippen LogP contribution >= 0.6 is 0 Å². The highest BCUT2D eigenvalue weighted by Crippen LogP contribution is 2.29. The lowest BCUT2D eigenvalue weighted by Gasteiger charge is -2.15. The fraction of sp³-hybridized carbons (Fsp3) is 0.211. The van der Waals surface area contributed by atoms with Crippen molar-refractivity contribution in [3.8, 4) is 5.75 Å². The zero-order valence-electron chi connectivity index (χ0n) is 13.7. The third-order valence-corrected chi connectivity index (χ3v) is 3.93. The van der Waals surface area contributed by atoms with Crippen molar-refractivity contribution in [3.05, 3.63) is 60.4 Å². The minimum Gasteiger partial charge on any atom is -0.496 e. The number of fused-ring (bicyclic) bond motifs is 1. The van der Waals surface area contributed by atoms with Crippen molar-refractivity contribution in [1.82, 2.24) is 9.97 Å². The molecule has 5 heteroatoms. The third kappa shape index (κ3) is 3.35. The summed E-state index contributed by atoms with van der Waals surface area (Å²) in [6.07, 6.45) is 3.62. The van der Waals surface area contributed by atoms with Crippen LogP contribution in [0.2, 0.25) is 0 Å². The number of carbonyl (C=O) groups excluding carboxylic acids is 1. The lowest BCUT2D eigenvalue weighted by Crippen LogP contribution is -2.15. The Hall–Kier alpha value is -2.95. The maximum Gasteiger partial charge on any atom is 0.225 e. The zero-order valence-corrected chi connectivity index (χ0v) is 13.7. The molecule has 0 saturated heterocycles. The molecule has 0 aliphatic heterocycles. The van der Waals surface area contributed by atoms with Crippen molar-refractivity contribution in [2.75, 3.05) is 12.4 Å². The van der Waals surface area contributed by atoms with Crippen molar-refractivity contribution in [2.24, 2.45) is 0 Å². The van der Waals surface area contributed by atoms with Gasteiger partial charge in [-0.05, 0) is 29.7 Å². The molecule has 1 aromatic heterocycles. The number of hydrogen-bond donors (Lipinski definition) is 1. The summed E-state index contributed by atoms with van der Waals surface area (Å²) in [4.78, 5) is 21.0. The Bertz CT molecular complexity index is 859. The standard InChI is InChI=1S/C19H19N3O2/c1-13(14-6-3-4-9-17(14)24-2)12-18(23)22-16-8-5-7-15-19(16)21-11-10-20-15/h3-11,13H,12H2,1-2H3,(H,22,23). The van der Waals surface area contributed by atoms with Gasteiger partial charge in [0, 0.05) is 18.8 Å². The first-order chi connectivity index (χ1) is 11.7. The first-order valence-electron chi connectivity index (χ1n) is 7.81. The van der Waals surface area contributed by atoms with Crippen molar-refractivity contribution in [2.45, 2.75) is 19.3 Å². The number of carbonyl (C=O) groups is 1. The second kappa shape index (κ2) is 7.08. The molecule has 0 saturated carbocycles. The van der Waals surface area contributed by atoms with Gasteiger partial charge in [0.25, 0.3) is 0 Å². The number of nitrogens with one attached hydrogen (secondary N) is 1. The van der Waals surface area contributed by atoms with Gasteiger partial charge in [-0.2, -0.15) is 0 Å². The predicted molar refractivity (Wildman–Crippen MR) is 94.2 cm³/mol. The second-order valence-electron chi connectivity index (χ2n) is 5.62. The van der Waals surface area contributed by atoms with Crippen molar-refractivity contribution in [1.29, 1.82) is 0 Å². The van der Waals surface area contributed by atoms with E-state index in [-0.39, 0.29) is 11.8 Å². The minimum absolute atomic E-state index is 0.0437. The van der Waals surface area contributed by atoms with Gasteiger partial charge in [-0.15, -0.1) is 0 Å². The van der Waals surface area contributed by atoms with Crippen LogP contribution < -0.4 is 10.1 Å². The SMILES string of the molecule is COc1ccccc1C(C)CC(=O)Nc1cccc2nccnc12. The first kappa shape index (κ1) is 15.9. The molecule has 0 fully saturated rings. The smallest absolute Gasteiger partial charge is 0.225 e. The Balaban J connectivity index is 1.75. The molecule has 0 radical (unpaired) electrons. The molecule has 5 nitrogen and oxygen atoms in total. The van der Waals surface area contributed by atoms with Gasteiger partial charge in [0.15, 0.2) is 0 Å². The molecule has 24 heavy (non-hydrogen) atoms. The molecular formula is C19H19N3O2. The van der Waals surface area contributed by atoms with Crippen molar-refractivity contribution >= 4 is 22.6 Å². The number of amides is 1. The topological polar surface area (TPSA) is 64.1 Å². The molecule has 0 aliphatic rings. The molecule has 2 aromatic carbocycles. The summed E-state index contributed by atoms with van der Waals surface area (Å²) >= 11 is 0. The summed E-state index contributed by atoms with van der Waals surface area (Å²) in [5.41, 5.74) is 3.15. The predicted octanol–water partition coefficient (Wildman–Crippen LogP) is 3.77. The van der Waals surface area contributed by atoms with E-state index < -0.39 is 0 Å². The van der Waals surface area contributed by atoms with Gasteiger partial charge in [-0.3, -0.25) is 14.8 Å². The number of aromatic nitrogens is 2. The van der Waals surface area contributed by atoms with Gasteiger partial charge >= 0.3 is 0 Å². The first-order valence-corrected chi connectivity index (χ1v) is 7.81. The molecule has 0 spiro atoms. The van der Waals surface area contributed by atoms with Crippen LogP contribution in [0.1, 0.15) is 24.8 Å².